The molecule has 0 spiro atoms. The number of carbonyl (C=O) groups is 1. The zero-order chi connectivity index (χ0) is 14.8. The molecule has 3 rings (SSSR count). The summed E-state index contributed by atoms with van der Waals surface area (Å²) in [5, 5.41) is 0. The van der Waals surface area contributed by atoms with E-state index >= 15 is 0 Å². The maximum atomic E-state index is 12.5. The van der Waals surface area contributed by atoms with Gasteiger partial charge in [-0.05, 0) is 79.2 Å². The average molecular weight is 399 g/mol. The summed E-state index contributed by atoms with van der Waals surface area (Å²) in [4.78, 5) is 17.0. The second-order valence-corrected chi connectivity index (χ2v) is 7.32. The maximum Gasteiger partial charge on any atom is 0.253 e. The van der Waals surface area contributed by atoms with Crippen molar-refractivity contribution < 1.29 is 4.79 Å². The van der Waals surface area contributed by atoms with Gasteiger partial charge in [-0.15, -0.1) is 0 Å². The smallest absolute Gasteiger partial charge is 0.253 e. The molecule has 1 atom stereocenters. The molecule has 0 aliphatic carbocycles. The van der Waals surface area contributed by atoms with Gasteiger partial charge in [-0.3, -0.25) is 9.69 Å². The van der Waals surface area contributed by atoms with Crippen LogP contribution in [0.15, 0.2) is 24.3 Å². The number of nitrogens with zero attached hydrogens (tertiary/aromatic N) is 2. The van der Waals surface area contributed by atoms with Gasteiger partial charge in [-0.25, -0.2) is 0 Å². The molecule has 4 nitrogen and oxygen atoms in total. The number of nitrogens with two attached hydrogens (primary N) is 1. The first-order valence-electron chi connectivity index (χ1n) is 7.68. The van der Waals surface area contributed by atoms with Gasteiger partial charge in [0.05, 0.1) is 0 Å². The number of carbonyl (C=O) groups excluding carboxylic acids is 1. The molecular weight excluding hydrogens is 377 g/mol. The maximum absolute atomic E-state index is 12.5. The Kier molecular flexibility index (Phi) is 4.81. The van der Waals surface area contributed by atoms with E-state index in [9.17, 15) is 4.79 Å². The number of amides is 1. The number of likely N-dealkylation sites (tertiary alicyclic amines) is 2. The van der Waals surface area contributed by atoms with Crippen molar-refractivity contribution in [2.45, 2.75) is 31.3 Å². The van der Waals surface area contributed by atoms with Crippen molar-refractivity contribution in [1.82, 2.24) is 9.80 Å². The predicted molar refractivity (Wildman–Crippen MR) is 92.2 cm³/mol. The fourth-order valence-electron chi connectivity index (χ4n) is 3.28. The van der Waals surface area contributed by atoms with E-state index in [0.717, 1.165) is 54.6 Å². The summed E-state index contributed by atoms with van der Waals surface area (Å²) in [7, 11) is 0. The van der Waals surface area contributed by atoms with Crippen molar-refractivity contribution in [3.63, 3.8) is 0 Å². The fraction of sp³-hybridized carbons (Fsp3) is 0.562. The first-order valence-corrected chi connectivity index (χ1v) is 8.76. The third kappa shape index (κ3) is 3.57. The Morgan fingerprint density at radius 3 is 2.43 bits per heavy atom. The summed E-state index contributed by atoms with van der Waals surface area (Å²) in [6, 6.07) is 8.73. The van der Waals surface area contributed by atoms with Crippen molar-refractivity contribution in [2.24, 2.45) is 5.73 Å². The van der Waals surface area contributed by atoms with Gasteiger partial charge in [-0.2, -0.15) is 0 Å². The van der Waals surface area contributed by atoms with Crippen LogP contribution in [0.25, 0.3) is 0 Å². The zero-order valence-corrected chi connectivity index (χ0v) is 14.3. The van der Waals surface area contributed by atoms with Crippen molar-refractivity contribution >= 4 is 28.5 Å². The second kappa shape index (κ2) is 6.62. The highest BCUT2D eigenvalue weighted by Crippen LogP contribution is 2.21. The number of hydrogen-bond donors (Lipinski definition) is 1. The second-order valence-electron chi connectivity index (χ2n) is 6.07. The zero-order valence-electron chi connectivity index (χ0n) is 12.2. The van der Waals surface area contributed by atoms with Crippen molar-refractivity contribution in [3.05, 3.63) is 33.4 Å². The lowest BCUT2D eigenvalue weighted by Crippen LogP contribution is -2.46. The highest BCUT2D eigenvalue weighted by atomic mass is 127. The molecule has 2 fully saturated rings. The highest BCUT2D eigenvalue weighted by Gasteiger charge is 2.32. The van der Waals surface area contributed by atoms with Gasteiger partial charge in [0.2, 0.25) is 0 Å². The topological polar surface area (TPSA) is 49.6 Å². The molecule has 2 aliphatic heterocycles. The monoisotopic (exact) mass is 399 g/mol. The Balaban J connectivity index is 1.59. The Morgan fingerprint density at radius 1 is 1.10 bits per heavy atom. The van der Waals surface area contributed by atoms with E-state index in [1.165, 1.54) is 0 Å². The summed E-state index contributed by atoms with van der Waals surface area (Å²) in [6.45, 7) is 3.90. The summed E-state index contributed by atoms with van der Waals surface area (Å²) < 4.78 is 1.16. The van der Waals surface area contributed by atoms with Gasteiger partial charge in [0, 0.05) is 34.3 Å². The molecule has 1 unspecified atom stereocenters. The van der Waals surface area contributed by atoms with E-state index in [1.807, 2.05) is 29.2 Å². The van der Waals surface area contributed by atoms with Crippen LogP contribution in [-0.2, 0) is 0 Å². The van der Waals surface area contributed by atoms with Gasteiger partial charge in [-0.1, -0.05) is 0 Å². The summed E-state index contributed by atoms with van der Waals surface area (Å²) in [6.07, 6.45) is 3.26. The summed E-state index contributed by atoms with van der Waals surface area (Å²) >= 11 is 2.26. The highest BCUT2D eigenvalue weighted by molar-refractivity contribution is 14.1. The predicted octanol–water partition coefficient (Wildman–Crippen LogP) is 1.93. The van der Waals surface area contributed by atoms with Crippen LogP contribution in [0.4, 0.5) is 0 Å². The lowest BCUT2D eigenvalue weighted by atomic mass is 10.0. The molecule has 2 saturated heterocycles. The van der Waals surface area contributed by atoms with E-state index in [4.69, 9.17) is 5.73 Å². The standard InChI is InChI=1S/C16H22IN3O/c17-13-3-1-12(2-4-13)16(21)20-10-7-15(11-20)19-8-5-14(18)6-9-19/h1-4,14-15H,5-11,18H2. The molecule has 2 N–H and O–H groups in total. The van der Waals surface area contributed by atoms with E-state index in [2.05, 4.69) is 27.5 Å². The molecule has 0 bridgehead atoms. The Morgan fingerprint density at radius 2 is 1.76 bits per heavy atom. The molecular formula is C16H22IN3O. The SMILES string of the molecule is NC1CCN(C2CCN(C(=O)c3ccc(I)cc3)C2)CC1. The minimum Gasteiger partial charge on any atom is -0.337 e. The van der Waals surface area contributed by atoms with E-state index < -0.39 is 0 Å². The van der Waals surface area contributed by atoms with Gasteiger partial charge >= 0.3 is 0 Å². The third-order valence-electron chi connectivity index (χ3n) is 4.63. The fourth-order valence-corrected chi connectivity index (χ4v) is 3.64. The Bertz CT molecular complexity index is 497. The van der Waals surface area contributed by atoms with Crippen molar-refractivity contribution in [1.29, 1.82) is 0 Å². The molecule has 0 aromatic heterocycles. The van der Waals surface area contributed by atoms with Gasteiger partial charge < -0.3 is 10.6 Å². The van der Waals surface area contributed by atoms with Crippen LogP contribution < -0.4 is 5.73 Å². The van der Waals surface area contributed by atoms with Crippen LogP contribution in [0, 0.1) is 3.57 Å². The molecule has 0 radical (unpaired) electrons. The number of benzene rings is 1. The van der Waals surface area contributed by atoms with Crippen LogP contribution in [0.3, 0.4) is 0 Å². The molecule has 114 valence electrons. The molecule has 1 amide bonds. The van der Waals surface area contributed by atoms with Gasteiger partial charge in [0.25, 0.3) is 5.91 Å². The quantitative estimate of drug-likeness (QED) is 0.774. The molecule has 1 aromatic carbocycles. The van der Waals surface area contributed by atoms with Gasteiger partial charge in [0.1, 0.15) is 0 Å². The first kappa shape index (κ1) is 15.2. The van der Waals surface area contributed by atoms with Gasteiger partial charge in [0.15, 0.2) is 0 Å². The normalized spacial score (nSPS) is 24.5. The molecule has 1 aromatic rings. The molecule has 0 saturated carbocycles. The number of rotatable bonds is 2. The third-order valence-corrected chi connectivity index (χ3v) is 5.35. The number of halogens is 1. The summed E-state index contributed by atoms with van der Waals surface area (Å²) in [5.74, 6) is 0.169. The van der Waals surface area contributed by atoms with Crippen molar-refractivity contribution in [3.8, 4) is 0 Å². The molecule has 5 heteroatoms. The van der Waals surface area contributed by atoms with Crippen LogP contribution in [-0.4, -0.2) is 54.0 Å². The van der Waals surface area contributed by atoms with E-state index in [-0.39, 0.29) is 5.91 Å². The largest absolute Gasteiger partial charge is 0.337 e. The number of hydrogen-bond acceptors (Lipinski definition) is 3. The van der Waals surface area contributed by atoms with Crippen LogP contribution in [0.1, 0.15) is 29.6 Å². The average Bonchev–Trinajstić information content (AvgIpc) is 2.98. The first-order chi connectivity index (χ1) is 10.1. The van der Waals surface area contributed by atoms with Crippen molar-refractivity contribution in [2.75, 3.05) is 26.2 Å². The molecule has 2 heterocycles. The minimum absolute atomic E-state index is 0.169. The molecule has 21 heavy (non-hydrogen) atoms. The van der Waals surface area contributed by atoms with E-state index in [0.29, 0.717) is 12.1 Å². The van der Waals surface area contributed by atoms with E-state index in [1.54, 1.807) is 0 Å². The van der Waals surface area contributed by atoms with Crippen LogP contribution in [0.2, 0.25) is 0 Å². The number of piperidine rings is 1. The van der Waals surface area contributed by atoms with Crippen LogP contribution in [0.5, 0.6) is 0 Å². The molecule has 2 aliphatic rings. The Labute approximate surface area is 139 Å². The summed E-state index contributed by atoms with van der Waals surface area (Å²) in [5.41, 5.74) is 6.77. The lowest BCUT2D eigenvalue weighted by molar-refractivity contribution is 0.0769. The van der Waals surface area contributed by atoms with Crippen LogP contribution >= 0.6 is 22.6 Å². The minimum atomic E-state index is 0.169. The Hall–Kier alpha value is -0.660. The lowest BCUT2D eigenvalue weighted by Gasteiger charge is -2.34.